The topological polar surface area (TPSA) is 55.1 Å². The zero-order valence-electron chi connectivity index (χ0n) is 10.1. The molecule has 2 aromatic rings. The van der Waals surface area contributed by atoms with E-state index in [-0.39, 0.29) is 11.6 Å². The summed E-state index contributed by atoms with van der Waals surface area (Å²) >= 11 is 1.15. The molecule has 0 bridgehead atoms. The predicted octanol–water partition coefficient (Wildman–Crippen LogP) is 2.68. The normalized spacial score (nSPS) is 11.1. The Labute approximate surface area is 108 Å². The number of hydrogen-bond donors (Lipinski definition) is 1. The Bertz CT molecular complexity index is 610. The van der Waals surface area contributed by atoms with Crippen LogP contribution in [0.2, 0.25) is 0 Å². The first-order valence-electron chi connectivity index (χ1n) is 5.54. The summed E-state index contributed by atoms with van der Waals surface area (Å²) in [5, 5.41) is 9.29. The maximum atomic E-state index is 13.5. The number of benzene rings is 1. The number of carboxylic acid groups (broad SMARTS) is 1. The zero-order valence-corrected chi connectivity index (χ0v) is 10.9. The van der Waals surface area contributed by atoms with Gasteiger partial charge < -0.3 is 9.67 Å². The SMILES string of the molecule is CCn1c(SCC(=O)O)nc2cc(F)c(C)cc21. The van der Waals surface area contributed by atoms with Gasteiger partial charge in [-0.2, -0.15) is 0 Å². The quantitative estimate of drug-likeness (QED) is 0.866. The molecule has 0 aliphatic carbocycles. The molecule has 4 nitrogen and oxygen atoms in total. The average molecular weight is 268 g/mol. The molecule has 0 radical (unpaired) electrons. The van der Waals surface area contributed by atoms with Crippen molar-refractivity contribution in [1.82, 2.24) is 9.55 Å². The Morgan fingerprint density at radius 3 is 2.89 bits per heavy atom. The Hall–Kier alpha value is -1.56. The van der Waals surface area contributed by atoms with Gasteiger partial charge in [0.25, 0.3) is 0 Å². The van der Waals surface area contributed by atoms with E-state index in [2.05, 4.69) is 4.98 Å². The summed E-state index contributed by atoms with van der Waals surface area (Å²) in [5.74, 6) is -1.24. The maximum Gasteiger partial charge on any atom is 0.313 e. The van der Waals surface area contributed by atoms with Crippen LogP contribution in [-0.4, -0.2) is 26.4 Å². The van der Waals surface area contributed by atoms with Crippen LogP contribution in [-0.2, 0) is 11.3 Å². The molecule has 0 spiro atoms. The number of imidazole rings is 1. The Morgan fingerprint density at radius 2 is 2.28 bits per heavy atom. The Balaban J connectivity index is 2.50. The molecule has 0 amide bonds. The molecular formula is C12H13FN2O2S. The van der Waals surface area contributed by atoms with Crippen LogP contribution >= 0.6 is 11.8 Å². The monoisotopic (exact) mass is 268 g/mol. The highest BCUT2D eigenvalue weighted by molar-refractivity contribution is 7.99. The molecular weight excluding hydrogens is 255 g/mol. The molecule has 1 aromatic carbocycles. The van der Waals surface area contributed by atoms with Crippen LogP contribution in [0.15, 0.2) is 17.3 Å². The number of aryl methyl sites for hydroxylation is 2. The summed E-state index contributed by atoms with van der Waals surface area (Å²) in [6, 6.07) is 3.13. The summed E-state index contributed by atoms with van der Waals surface area (Å²) in [5.41, 5.74) is 1.96. The van der Waals surface area contributed by atoms with Crippen molar-refractivity contribution in [3.63, 3.8) is 0 Å². The van der Waals surface area contributed by atoms with E-state index in [0.29, 0.717) is 22.8 Å². The van der Waals surface area contributed by atoms with Crippen LogP contribution in [0.25, 0.3) is 11.0 Å². The minimum atomic E-state index is -0.892. The molecule has 0 aliphatic heterocycles. The number of carboxylic acids is 1. The summed E-state index contributed by atoms with van der Waals surface area (Å²) in [4.78, 5) is 14.9. The second-order valence-corrected chi connectivity index (χ2v) is 4.85. The number of thioether (sulfide) groups is 1. The molecule has 96 valence electrons. The number of aromatic nitrogens is 2. The standard InChI is InChI=1S/C12H13FN2O2S/c1-3-15-10-4-7(2)8(13)5-9(10)14-12(15)18-6-11(16)17/h4-5H,3,6H2,1-2H3,(H,16,17). The van der Waals surface area contributed by atoms with Crippen LogP contribution in [0, 0.1) is 12.7 Å². The molecule has 0 atom stereocenters. The molecule has 18 heavy (non-hydrogen) atoms. The largest absolute Gasteiger partial charge is 0.481 e. The van der Waals surface area contributed by atoms with Crippen LogP contribution in [0.5, 0.6) is 0 Å². The summed E-state index contributed by atoms with van der Waals surface area (Å²) in [6.07, 6.45) is 0. The summed E-state index contributed by atoms with van der Waals surface area (Å²) in [6.45, 7) is 4.32. The molecule has 2 rings (SSSR count). The number of hydrogen-bond acceptors (Lipinski definition) is 3. The molecule has 0 saturated carbocycles. The van der Waals surface area contributed by atoms with Crippen LogP contribution < -0.4 is 0 Å². The van der Waals surface area contributed by atoms with Crippen LogP contribution in [0.3, 0.4) is 0 Å². The minimum Gasteiger partial charge on any atom is -0.481 e. The van der Waals surface area contributed by atoms with Crippen molar-refractivity contribution in [3.05, 3.63) is 23.5 Å². The molecule has 0 fully saturated rings. The van der Waals surface area contributed by atoms with Crippen molar-refractivity contribution in [3.8, 4) is 0 Å². The summed E-state index contributed by atoms with van der Waals surface area (Å²) < 4.78 is 15.4. The van der Waals surface area contributed by atoms with Crippen molar-refractivity contribution >= 4 is 28.8 Å². The van der Waals surface area contributed by atoms with Gasteiger partial charge >= 0.3 is 5.97 Å². The van der Waals surface area contributed by atoms with Gasteiger partial charge in [0.05, 0.1) is 16.8 Å². The first-order chi connectivity index (χ1) is 8.52. The number of halogens is 1. The number of rotatable bonds is 4. The lowest BCUT2D eigenvalue weighted by atomic mass is 10.2. The number of aliphatic carboxylic acids is 1. The molecule has 0 unspecified atom stereocenters. The van der Waals surface area contributed by atoms with Gasteiger partial charge in [0, 0.05) is 12.6 Å². The van der Waals surface area contributed by atoms with Crippen molar-refractivity contribution in [2.45, 2.75) is 25.5 Å². The van der Waals surface area contributed by atoms with E-state index in [1.807, 2.05) is 11.5 Å². The lowest BCUT2D eigenvalue weighted by molar-refractivity contribution is -0.133. The van der Waals surface area contributed by atoms with E-state index in [4.69, 9.17) is 5.11 Å². The maximum absolute atomic E-state index is 13.5. The molecule has 0 saturated heterocycles. The Morgan fingerprint density at radius 1 is 1.56 bits per heavy atom. The van der Waals surface area contributed by atoms with Crippen molar-refractivity contribution in [1.29, 1.82) is 0 Å². The van der Waals surface area contributed by atoms with Gasteiger partial charge in [-0.1, -0.05) is 11.8 Å². The van der Waals surface area contributed by atoms with Gasteiger partial charge in [-0.3, -0.25) is 4.79 Å². The van der Waals surface area contributed by atoms with Gasteiger partial charge in [0.15, 0.2) is 5.16 Å². The van der Waals surface area contributed by atoms with Crippen molar-refractivity contribution in [2.24, 2.45) is 0 Å². The van der Waals surface area contributed by atoms with Gasteiger partial charge in [-0.25, -0.2) is 9.37 Å². The van der Waals surface area contributed by atoms with Gasteiger partial charge in [0.1, 0.15) is 5.82 Å². The van der Waals surface area contributed by atoms with Crippen molar-refractivity contribution in [2.75, 3.05) is 5.75 Å². The highest BCUT2D eigenvalue weighted by Crippen LogP contribution is 2.25. The van der Waals surface area contributed by atoms with E-state index >= 15 is 0 Å². The van der Waals surface area contributed by atoms with E-state index < -0.39 is 5.97 Å². The molecule has 1 aromatic heterocycles. The van der Waals surface area contributed by atoms with Crippen LogP contribution in [0.4, 0.5) is 4.39 Å². The average Bonchev–Trinajstić information content (AvgIpc) is 2.64. The van der Waals surface area contributed by atoms with E-state index in [1.165, 1.54) is 6.07 Å². The third kappa shape index (κ3) is 2.33. The first-order valence-corrected chi connectivity index (χ1v) is 6.52. The fraction of sp³-hybridized carbons (Fsp3) is 0.333. The fourth-order valence-electron chi connectivity index (χ4n) is 1.77. The number of carbonyl (C=O) groups is 1. The lowest BCUT2D eigenvalue weighted by Crippen LogP contribution is -2.02. The highest BCUT2D eigenvalue weighted by Gasteiger charge is 2.13. The minimum absolute atomic E-state index is 0.0508. The second kappa shape index (κ2) is 4.97. The Kier molecular flexibility index (Phi) is 3.56. The third-order valence-electron chi connectivity index (χ3n) is 2.63. The lowest BCUT2D eigenvalue weighted by Gasteiger charge is -2.04. The number of nitrogens with zero attached hydrogens (tertiary/aromatic N) is 2. The molecule has 1 N–H and O–H groups in total. The van der Waals surface area contributed by atoms with Crippen LogP contribution in [0.1, 0.15) is 12.5 Å². The highest BCUT2D eigenvalue weighted by atomic mass is 32.2. The van der Waals surface area contributed by atoms with Gasteiger partial charge in [-0.15, -0.1) is 0 Å². The summed E-state index contributed by atoms with van der Waals surface area (Å²) in [7, 11) is 0. The third-order valence-corrected chi connectivity index (χ3v) is 3.60. The number of fused-ring (bicyclic) bond motifs is 1. The van der Waals surface area contributed by atoms with E-state index in [1.54, 1.807) is 13.0 Å². The van der Waals surface area contributed by atoms with E-state index in [9.17, 15) is 9.18 Å². The van der Waals surface area contributed by atoms with Crippen molar-refractivity contribution < 1.29 is 14.3 Å². The second-order valence-electron chi connectivity index (χ2n) is 3.91. The zero-order chi connectivity index (χ0) is 13.3. The van der Waals surface area contributed by atoms with E-state index in [0.717, 1.165) is 17.3 Å². The molecule has 6 heteroatoms. The van der Waals surface area contributed by atoms with Gasteiger partial charge in [0.2, 0.25) is 0 Å². The fourth-order valence-corrected chi connectivity index (χ4v) is 2.57. The molecule has 1 heterocycles. The first kappa shape index (κ1) is 12.9. The predicted molar refractivity (Wildman–Crippen MR) is 68.5 cm³/mol. The smallest absolute Gasteiger partial charge is 0.313 e. The molecule has 0 aliphatic rings. The van der Waals surface area contributed by atoms with Gasteiger partial charge in [-0.05, 0) is 25.5 Å².